The van der Waals surface area contributed by atoms with Gasteiger partial charge in [0.25, 0.3) is 0 Å². The van der Waals surface area contributed by atoms with Gasteiger partial charge in [0.2, 0.25) is 0 Å². The second kappa shape index (κ2) is 3.31. The quantitative estimate of drug-likeness (QED) is 0.667. The molecular formula is C13H22O2. The minimum absolute atomic E-state index is 0.0182. The lowest BCUT2D eigenvalue weighted by atomic mass is 9.50. The van der Waals surface area contributed by atoms with Crippen molar-refractivity contribution in [3.8, 4) is 0 Å². The van der Waals surface area contributed by atoms with Crippen LogP contribution in [-0.4, -0.2) is 17.0 Å². The van der Waals surface area contributed by atoms with Gasteiger partial charge >= 0.3 is 0 Å². The van der Waals surface area contributed by atoms with Gasteiger partial charge in [0.05, 0.1) is 6.10 Å². The molecule has 15 heavy (non-hydrogen) atoms. The summed E-state index contributed by atoms with van der Waals surface area (Å²) in [7, 11) is 0. The van der Waals surface area contributed by atoms with E-state index in [1.807, 2.05) is 0 Å². The maximum atomic E-state index is 11.9. The topological polar surface area (TPSA) is 37.3 Å². The van der Waals surface area contributed by atoms with E-state index in [1.165, 1.54) is 0 Å². The molecule has 0 aromatic rings. The summed E-state index contributed by atoms with van der Waals surface area (Å²) in [5, 5.41) is 10.2. The minimum Gasteiger partial charge on any atom is -0.393 e. The monoisotopic (exact) mass is 210 g/mol. The van der Waals surface area contributed by atoms with Crippen LogP contribution in [0.5, 0.6) is 0 Å². The Morgan fingerprint density at radius 1 is 1.27 bits per heavy atom. The lowest BCUT2D eigenvalue weighted by Crippen LogP contribution is -2.54. The summed E-state index contributed by atoms with van der Waals surface area (Å²) in [5.74, 6) is 0.758. The van der Waals surface area contributed by atoms with E-state index in [0.717, 1.165) is 25.7 Å². The van der Waals surface area contributed by atoms with Gasteiger partial charge in [-0.1, -0.05) is 27.2 Å². The largest absolute Gasteiger partial charge is 0.393 e. The van der Waals surface area contributed by atoms with E-state index in [2.05, 4.69) is 20.8 Å². The van der Waals surface area contributed by atoms with Crippen LogP contribution in [0.25, 0.3) is 0 Å². The highest BCUT2D eigenvalue weighted by Gasteiger charge is 2.54. The SMILES string of the molecule is CC1(C)C(=O)CC[C@]2(C)[C@@H](O)CCC[C@@H]12. The molecule has 0 aromatic heterocycles. The van der Waals surface area contributed by atoms with Gasteiger partial charge in [0.15, 0.2) is 0 Å². The van der Waals surface area contributed by atoms with Crippen LogP contribution >= 0.6 is 0 Å². The Labute approximate surface area is 92.1 Å². The molecule has 3 atom stereocenters. The van der Waals surface area contributed by atoms with Crippen LogP contribution < -0.4 is 0 Å². The molecule has 2 rings (SSSR count). The van der Waals surface area contributed by atoms with Gasteiger partial charge in [0, 0.05) is 11.8 Å². The molecule has 0 amide bonds. The standard InChI is InChI=1S/C13H22O2/c1-12(2)9-5-4-6-11(15)13(9,3)8-7-10(12)14/h9,11,15H,4-8H2,1-3H3/t9-,11-,13-/m0/s1. The van der Waals surface area contributed by atoms with Gasteiger partial charge in [-0.15, -0.1) is 0 Å². The third kappa shape index (κ3) is 1.45. The molecule has 2 heteroatoms. The minimum atomic E-state index is -0.228. The van der Waals surface area contributed by atoms with Gasteiger partial charge in [-0.25, -0.2) is 0 Å². The van der Waals surface area contributed by atoms with E-state index in [0.29, 0.717) is 18.1 Å². The molecule has 2 fully saturated rings. The maximum Gasteiger partial charge on any atom is 0.138 e. The zero-order valence-corrected chi connectivity index (χ0v) is 10.0. The van der Waals surface area contributed by atoms with Crippen molar-refractivity contribution in [1.82, 2.24) is 0 Å². The van der Waals surface area contributed by atoms with Crippen molar-refractivity contribution >= 4 is 5.78 Å². The van der Waals surface area contributed by atoms with Crippen molar-refractivity contribution in [3.05, 3.63) is 0 Å². The number of carbonyl (C=O) groups excluding carboxylic acids is 1. The third-order valence-corrected chi connectivity index (χ3v) is 5.01. The molecule has 2 aliphatic carbocycles. The maximum absolute atomic E-state index is 11.9. The van der Waals surface area contributed by atoms with Gasteiger partial charge in [-0.3, -0.25) is 4.79 Å². The van der Waals surface area contributed by atoms with Crippen LogP contribution in [-0.2, 0) is 4.79 Å². The number of carbonyl (C=O) groups is 1. The zero-order valence-electron chi connectivity index (χ0n) is 10.0. The molecule has 0 bridgehead atoms. The number of Topliss-reactive ketones (excluding diaryl/α,β-unsaturated/α-hetero) is 1. The van der Waals surface area contributed by atoms with Crippen LogP contribution in [0.3, 0.4) is 0 Å². The summed E-state index contributed by atoms with van der Waals surface area (Å²) in [6, 6.07) is 0. The number of rotatable bonds is 0. The van der Waals surface area contributed by atoms with Crippen molar-refractivity contribution in [2.24, 2.45) is 16.7 Å². The first kappa shape index (κ1) is 11.1. The van der Waals surface area contributed by atoms with E-state index in [4.69, 9.17) is 0 Å². The highest BCUT2D eigenvalue weighted by Crippen LogP contribution is 2.56. The van der Waals surface area contributed by atoms with Crippen molar-refractivity contribution in [2.75, 3.05) is 0 Å². The fraction of sp³-hybridized carbons (Fsp3) is 0.923. The number of fused-ring (bicyclic) bond motifs is 1. The Bertz CT molecular complexity index is 282. The molecule has 86 valence electrons. The molecule has 2 saturated carbocycles. The van der Waals surface area contributed by atoms with E-state index in [1.54, 1.807) is 0 Å². The van der Waals surface area contributed by atoms with Crippen LogP contribution in [0.1, 0.15) is 52.9 Å². The van der Waals surface area contributed by atoms with Gasteiger partial charge in [-0.05, 0) is 30.6 Å². The normalized spacial score (nSPS) is 44.9. The summed E-state index contributed by atoms with van der Waals surface area (Å²) < 4.78 is 0. The van der Waals surface area contributed by atoms with E-state index < -0.39 is 0 Å². The van der Waals surface area contributed by atoms with Crippen molar-refractivity contribution in [3.63, 3.8) is 0 Å². The molecule has 0 heterocycles. The number of hydrogen-bond acceptors (Lipinski definition) is 2. The predicted octanol–water partition coefficient (Wildman–Crippen LogP) is 2.54. The number of ketones is 1. The highest BCUT2D eigenvalue weighted by atomic mass is 16.3. The number of hydrogen-bond donors (Lipinski definition) is 1. The first-order valence-corrected chi connectivity index (χ1v) is 6.10. The predicted molar refractivity (Wildman–Crippen MR) is 59.5 cm³/mol. The van der Waals surface area contributed by atoms with Crippen molar-refractivity contribution < 1.29 is 9.90 Å². The summed E-state index contributed by atoms with van der Waals surface area (Å²) in [6.07, 6.45) is 4.41. The van der Waals surface area contributed by atoms with Crippen LogP contribution in [0.2, 0.25) is 0 Å². The lowest BCUT2D eigenvalue weighted by molar-refractivity contribution is -0.154. The van der Waals surface area contributed by atoms with Crippen molar-refractivity contribution in [2.45, 2.75) is 59.0 Å². The van der Waals surface area contributed by atoms with E-state index in [9.17, 15) is 9.90 Å². The summed E-state index contributed by atoms with van der Waals surface area (Å²) in [6.45, 7) is 6.31. The molecule has 2 aliphatic rings. The summed E-state index contributed by atoms with van der Waals surface area (Å²) in [4.78, 5) is 11.9. The number of aliphatic hydroxyl groups excluding tert-OH is 1. The average Bonchev–Trinajstić information content (AvgIpc) is 2.16. The molecule has 0 aromatic carbocycles. The Kier molecular flexibility index (Phi) is 2.45. The fourth-order valence-electron chi connectivity index (χ4n) is 3.83. The van der Waals surface area contributed by atoms with E-state index >= 15 is 0 Å². The van der Waals surface area contributed by atoms with Gasteiger partial charge < -0.3 is 5.11 Å². The fourth-order valence-corrected chi connectivity index (χ4v) is 3.83. The Balaban J connectivity index is 2.35. The molecule has 0 radical (unpaired) electrons. The van der Waals surface area contributed by atoms with Crippen LogP contribution in [0.4, 0.5) is 0 Å². The molecule has 0 aliphatic heterocycles. The van der Waals surface area contributed by atoms with Crippen molar-refractivity contribution in [1.29, 1.82) is 0 Å². The number of aliphatic hydroxyl groups is 1. The molecular weight excluding hydrogens is 188 g/mol. The smallest absolute Gasteiger partial charge is 0.138 e. The van der Waals surface area contributed by atoms with Crippen LogP contribution in [0.15, 0.2) is 0 Å². The molecule has 0 spiro atoms. The summed E-state index contributed by atoms with van der Waals surface area (Å²) in [5.41, 5.74) is -0.246. The van der Waals surface area contributed by atoms with Gasteiger partial charge in [-0.2, -0.15) is 0 Å². The second-order valence-corrected chi connectivity index (χ2v) is 6.15. The van der Waals surface area contributed by atoms with Gasteiger partial charge in [0.1, 0.15) is 5.78 Å². The average molecular weight is 210 g/mol. The third-order valence-electron chi connectivity index (χ3n) is 5.01. The lowest BCUT2D eigenvalue weighted by Gasteiger charge is -2.54. The highest BCUT2D eigenvalue weighted by molar-refractivity contribution is 5.85. The molecule has 2 nitrogen and oxygen atoms in total. The zero-order chi connectivity index (χ0) is 11.3. The summed E-state index contributed by atoms with van der Waals surface area (Å²) >= 11 is 0. The first-order valence-electron chi connectivity index (χ1n) is 6.10. The van der Waals surface area contributed by atoms with E-state index in [-0.39, 0.29) is 16.9 Å². The Hall–Kier alpha value is -0.370. The van der Waals surface area contributed by atoms with Crippen LogP contribution in [0, 0.1) is 16.7 Å². The molecule has 0 saturated heterocycles. The Morgan fingerprint density at radius 3 is 2.60 bits per heavy atom. The Morgan fingerprint density at radius 2 is 1.93 bits per heavy atom. The molecule has 0 unspecified atom stereocenters. The first-order chi connectivity index (χ1) is 6.89. The molecule has 1 N–H and O–H groups in total. The second-order valence-electron chi connectivity index (χ2n) is 6.15.